The highest BCUT2D eigenvalue weighted by molar-refractivity contribution is 6.03. The van der Waals surface area contributed by atoms with Gasteiger partial charge in [-0.2, -0.15) is 0 Å². The number of quaternary nitrogens is 1. The van der Waals surface area contributed by atoms with Crippen molar-refractivity contribution in [3.05, 3.63) is 39.4 Å². The van der Waals surface area contributed by atoms with Gasteiger partial charge in [-0.1, -0.05) is 0 Å². The number of aliphatic hydroxyl groups excluding tert-OH is 1. The first-order chi connectivity index (χ1) is 12.5. The topological polar surface area (TPSA) is 108 Å². The number of carbonyl (C=O) groups excluding carboxylic acids is 1. The van der Waals surface area contributed by atoms with Crippen LogP contribution in [0.2, 0.25) is 0 Å². The molecule has 1 aromatic heterocycles. The zero-order valence-electron chi connectivity index (χ0n) is 15.0. The maximum atomic E-state index is 13.9. The summed E-state index contributed by atoms with van der Waals surface area (Å²) in [6, 6.07) is 2.39. The maximum absolute atomic E-state index is 13.9. The molecule has 0 radical (unpaired) electrons. The van der Waals surface area contributed by atoms with E-state index in [-0.39, 0.29) is 42.6 Å². The number of amides is 1. The summed E-state index contributed by atoms with van der Waals surface area (Å²) in [6.45, 7) is 3.23. The molecule has 7 nitrogen and oxygen atoms in total. The Hall–Kier alpha value is -2.16. The van der Waals surface area contributed by atoms with Gasteiger partial charge in [-0.25, -0.2) is 4.39 Å². The summed E-state index contributed by atoms with van der Waals surface area (Å²) in [6.07, 6.45) is 1.27. The SMILES string of the molecule is CC1CCc2cc(F)cc3c(O)c(C(=O)NCC[NH2+]CCO)c(=O)n1c23.[Cl-]. The first kappa shape index (κ1) is 21.1. The van der Waals surface area contributed by atoms with Crippen molar-refractivity contribution in [1.29, 1.82) is 0 Å². The number of aromatic nitrogens is 1. The van der Waals surface area contributed by atoms with Crippen LogP contribution in [0.5, 0.6) is 5.75 Å². The van der Waals surface area contributed by atoms with Crippen LogP contribution in [-0.4, -0.2) is 46.9 Å². The smallest absolute Gasteiger partial charge is 0.267 e. The molecule has 0 bridgehead atoms. The van der Waals surface area contributed by atoms with Crippen molar-refractivity contribution in [2.24, 2.45) is 0 Å². The minimum absolute atomic E-state index is 0. The van der Waals surface area contributed by atoms with Crippen molar-refractivity contribution in [1.82, 2.24) is 9.88 Å². The third kappa shape index (κ3) is 3.92. The van der Waals surface area contributed by atoms with E-state index >= 15 is 0 Å². The van der Waals surface area contributed by atoms with Crippen molar-refractivity contribution >= 4 is 16.8 Å². The number of pyridine rings is 1. The number of hydrogen-bond acceptors (Lipinski definition) is 4. The van der Waals surface area contributed by atoms with Crippen molar-refractivity contribution in [3.63, 3.8) is 0 Å². The molecule has 1 aliphatic rings. The molecule has 1 aromatic carbocycles. The quantitative estimate of drug-likeness (QED) is 0.380. The molecular weight excluding hydrogens is 377 g/mol. The van der Waals surface area contributed by atoms with Crippen molar-refractivity contribution in [2.45, 2.75) is 25.8 Å². The molecule has 9 heteroatoms. The summed E-state index contributed by atoms with van der Waals surface area (Å²) in [7, 11) is 0. The number of benzene rings is 1. The summed E-state index contributed by atoms with van der Waals surface area (Å²) in [5, 5.41) is 23.9. The van der Waals surface area contributed by atoms with Crippen LogP contribution in [0.1, 0.15) is 35.3 Å². The highest BCUT2D eigenvalue weighted by atomic mass is 35.5. The average Bonchev–Trinajstić information content (AvgIpc) is 2.60. The highest BCUT2D eigenvalue weighted by Gasteiger charge is 2.28. The second-order valence-corrected chi connectivity index (χ2v) is 6.59. The third-order valence-corrected chi connectivity index (χ3v) is 4.79. The Bertz CT molecular complexity index is 916. The molecule has 3 rings (SSSR count). The average molecular weight is 400 g/mol. The van der Waals surface area contributed by atoms with E-state index in [9.17, 15) is 19.1 Å². The number of carbonyl (C=O) groups is 1. The lowest BCUT2D eigenvalue weighted by Gasteiger charge is -2.26. The second-order valence-electron chi connectivity index (χ2n) is 6.59. The van der Waals surface area contributed by atoms with Gasteiger partial charge in [0, 0.05) is 11.4 Å². The van der Waals surface area contributed by atoms with Crippen LogP contribution in [0.15, 0.2) is 16.9 Å². The Morgan fingerprint density at radius 2 is 2.15 bits per heavy atom. The lowest BCUT2D eigenvalue weighted by atomic mass is 9.95. The second kappa shape index (κ2) is 8.69. The molecule has 1 unspecified atom stereocenters. The molecule has 1 atom stereocenters. The van der Waals surface area contributed by atoms with Crippen LogP contribution in [0.25, 0.3) is 10.9 Å². The predicted molar refractivity (Wildman–Crippen MR) is 93.9 cm³/mol. The molecule has 5 N–H and O–H groups in total. The van der Waals surface area contributed by atoms with E-state index in [1.165, 1.54) is 10.6 Å². The predicted octanol–water partition coefficient (Wildman–Crippen LogP) is -3.36. The van der Waals surface area contributed by atoms with Crippen LogP contribution in [0.3, 0.4) is 0 Å². The fourth-order valence-corrected chi connectivity index (χ4v) is 3.50. The number of nitrogens with two attached hydrogens (primary N) is 1. The molecule has 1 amide bonds. The normalized spacial score (nSPS) is 15.4. The van der Waals surface area contributed by atoms with Gasteiger partial charge >= 0.3 is 0 Å². The number of rotatable bonds is 6. The molecule has 0 saturated carbocycles. The minimum atomic E-state index is -0.681. The van der Waals surface area contributed by atoms with E-state index < -0.39 is 23.0 Å². The number of nitrogens with zero attached hydrogens (tertiary/aromatic N) is 1. The first-order valence-electron chi connectivity index (χ1n) is 8.76. The van der Waals surface area contributed by atoms with Gasteiger partial charge in [-0.15, -0.1) is 0 Å². The molecule has 0 saturated heterocycles. The van der Waals surface area contributed by atoms with Gasteiger partial charge in [0.05, 0.1) is 31.8 Å². The number of halogens is 2. The van der Waals surface area contributed by atoms with Gasteiger partial charge < -0.3 is 37.8 Å². The first-order valence-corrected chi connectivity index (χ1v) is 8.76. The van der Waals surface area contributed by atoms with E-state index in [2.05, 4.69) is 5.32 Å². The molecule has 0 aliphatic carbocycles. The number of aromatic hydroxyl groups is 1. The molecular formula is C18H23ClFN3O4. The summed E-state index contributed by atoms with van der Waals surface area (Å²) in [5.41, 5.74) is 0.244. The van der Waals surface area contributed by atoms with Crippen LogP contribution >= 0.6 is 0 Å². The summed E-state index contributed by atoms with van der Waals surface area (Å²) in [5.74, 6) is -1.67. The van der Waals surface area contributed by atoms with Crippen LogP contribution in [0, 0.1) is 5.82 Å². The van der Waals surface area contributed by atoms with Crippen LogP contribution in [-0.2, 0) is 6.42 Å². The van der Waals surface area contributed by atoms with Gasteiger partial charge in [-0.05, 0) is 37.5 Å². The fraction of sp³-hybridized carbons (Fsp3) is 0.444. The molecule has 1 aliphatic heterocycles. The zero-order valence-corrected chi connectivity index (χ0v) is 15.7. The zero-order chi connectivity index (χ0) is 18.8. The van der Waals surface area contributed by atoms with E-state index in [0.717, 1.165) is 6.07 Å². The van der Waals surface area contributed by atoms with E-state index in [0.29, 0.717) is 37.0 Å². The van der Waals surface area contributed by atoms with Crippen molar-refractivity contribution < 1.29 is 37.1 Å². The Kier molecular flexibility index (Phi) is 6.80. The standard InChI is InChI=1S/C18H22FN3O4.ClH/c1-10-2-3-11-8-12(19)9-13-15(11)22(10)18(26)14(16(13)24)17(25)21-5-4-20-6-7-23;/h8-10,20,23-24H,2-7H2,1H3,(H,21,25);1H. The fourth-order valence-electron chi connectivity index (χ4n) is 3.50. The summed E-state index contributed by atoms with van der Waals surface area (Å²) in [4.78, 5) is 25.4. The Morgan fingerprint density at radius 3 is 2.85 bits per heavy atom. The third-order valence-electron chi connectivity index (χ3n) is 4.79. The Balaban J connectivity index is 0.00000261. The van der Waals surface area contributed by atoms with Gasteiger partial charge in [0.2, 0.25) is 0 Å². The summed E-state index contributed by atoms with van der Waals surface area (Å²) >= 11 is 0. The van der Waals surface area contributed by atoms with Crippen molar-refractivity contribution in [2.75, 3.05) is 26.2 Å². The van der Waals surface area contributed by atoms with Gasteiger partial charge in [0.25, 0.3) is 11.5 Å². The van der Waals surface area contributed by atoms with E-state index in [4.69, 9.17) is 5.11 Å². The molecule has 2 heterocycles. The monoisotopic (exact) mass is 399 g/mol. The Labute approximate surface area is 161 Å². The lowest BCUT2D eigenvalue weighted by Crippen LogP contribution is -3.00. The van der Waals surface area contributed by atoms with E-state index in [1.54, 1.807) is 0 Å². The van der Waals surface area contributed by atoms with Crippen molar-refractivity contribution in [3.8, 4) is 5.75 Å². The Morgan fingerprint density at radius 1 is 1.41 bits per heavy atom. The van der Waals surface area contributed by atoms with Crippen LogP contribution < -0.4 is 28.6 Å². The van der Waals surface area contributed by atoms with Gasteiger partial charge in [0.15, 0.2) is 0 Å². The van der Waals surface area contributed by atoms with Crippen LogP contribution in [0.4, 0.5) is 4.39 Å². The number of aliphatic hydroxyl groups is 1. The molecule has 27 heavy (non-hydrogen) atoms. The lowest BCUT2D eigenvalue weighted by molar-refractivity contribution is -0.654. The minimum Gasteiger partial charge on any atom is -1.00 e. The largest absolute Gasteiger partial charge is 1.00 e. The van der Waals surface area contributed by atoms with Gasteiger partial charge in [-0.3, -0.25) is 9.59 Å². The molecule has 0 spiro atoms. The molecule has 0 fully saturated rings. The molecule has 2 aromatic rings. The van der Waals surface area contributed by atoms with E-state index in [1.807, 2.05) is 12.2 Å². The molecule has 148 valence electrons. The summed E-state index contributed by atoms with van der Waals surface area (Å²) < 4.78 is 15.4. The van der Waals surface area contributed by atoms with Gasteiger partial charge in [0.1, 0.15) is 17.1 Å². The number of aryl methyl sites for hydroxylation is 1. The maximum Gasteiger partial charge on any atom is 0.267 e. The number of nitrogens with one attached hydrogen (secondary N) is 1. The number of hydrogen-bond donors (Lipinski definition) is 4. The highest BCUT2D eigenvalue weighted by Crippen LogP contribution is 2.35.